The Kier molecular flexibility index (Phi) is 8.73. The monoisotopic (exact) mass is 508 g/mol. The Bertz CT molecular complexity index is 1140. The molecule has 0 spiro atoms. The molecule has 10 heteroatoms. The molecule has 1 aromatic heterocycles. The zero-order chi connectivity index (χ0) is 26.4. The standard InChI is InChI=1S/C27H36N6O4/c1-17(26(35)30-24-15-23(31-32-24)18-9-10-18)19-6-4-7-20(14-19)28-27(36)21-16-37-13-11-22(21)29-25(34)8-5-12-33(2)3/h4-8,14-15,17-18,21-22H,9-13,16H2,1-3H3,(H,28,36)(H,29,34)(H2,30,31,32,35). The molecule has 2 fully saturated rings. The number of likely N-dealkylation sites (N-methyl/N-ethyl adjacent to an activating group) is 1. The van der Waals surface area contributed by atoms with Crippen molar-refractivity contribution in [2.75, 3.05) is 44.5 Å². The zero-order valence-electron chi connectivity index (χ0n) is 21.6. The summed E-state index contributed by atoms with van der Waals surface area (Å²) in [6.45, 7) is 3.18. The van der Waals surface area contributed by atoms with Gasteiger partial charge in [-0.05, 0) is 58.0 Å². The van der Waals surface area contributed by atoms with Crippen molar-refractivity contribution in [3.63, 3.8) is 0 Å². The maximum atomic E-state index is 13.1. The van der Waals surface area contributed by atoms with Crippen molar-refractivity contribution in [2.45, 2.75) is 44.1 Å². The molecule has 3 unspecified atom stereocenters. The van der Waals surface area contributed by atoms with E-state index in [0.29, 0.717) is 37.0 Å². The Morgan fingerprint density at radius 2 is 2.00 bits per heavy atom. The molecule has 2 heterocycles. The van der Waals surface area contributed by atoms with Crippen LogP contribution in [0.1, 0.15) is 49.3 Å². The van der Waals surface area contributed by atoms with Gasteiger partial charge in [0.2, 0.25) is 17.7 Å². The lowest BCUT2D eigenvalue weighted by Gasteiger charge is -2.31. The highest BCUT2D eigenvalue weighted by molar-refractivity contribution is 5.96. The second-order valence-corrected chi connectivity index (χ2v) is 10.1. The minimum Gasteiger partial charge on any atom is -0.380 e. The van der Waals surface area contributed by atoms with Crippen LogP contribution in [0.5, 0.6) is 0 Å². The second kappa shape index (κ2) is 12.2. The van der Waals surface area contributed by atoms with Gasteiger partial charge in [-0.15, -0.1) is 0 Å². The summed E-state index contributed by atoms with van der Waals surface area (Å²) in [5, 5.41) is 15.9. The van der Waals surface area contributed by atoms with Gasteiger partial charge >= 0.3 is 0 Å². The average Bonchev–Trinajstić information content (AvgIpc) is 3.62. The van der Waals surface area contributed by atoms with Crippen molar-refractivity contribution in [3.8, 4) is 0 Å². The third-order valence-electron chi connectivity index (χ3n) is 6.67. The molecule has 4 N–H and O–H groups in total. The average molecular weight is 509 g/mol. The van der Waals surface area contributed by atoms with Crippen molar-refractivity contribution in [3.05, 3.63) is 53.7 Å². The molecule has 3 atom stereocenters. The summed E-state index contributed by atoms with van der Waals surface area (Å²) >= 11 is 0. The number of amides is 3. The van der Waals surface area contributed by atoms with E-state index in [1.165, 1.54) is 6.08 Å². The molecular formula is C27H36N6O4. The smallest absolute Gasteiger partial charge is 0.243 e. The first-order valence-electron chi connectivity index (χ1n) is 12.8. The van der Waals surface area contributed by atoms with Gasteiger partial charge in [0.05, 0.1) is 18.4 Å². The summed E-state index contributed by atoms with van der Waals surface area (Å²) in [6, 6.07) is 8.80. The lowest BCUT2D eigenvalue weighted by Crippen LogP contribution is -2.49. The van der Waals surface area contributed by atoms with Gasteiger partial charge in [-0.2, -0.15) is 5.10 Å². The number of H-pyrrole nitrogens is 1. The first kappa shape index (κ1) is 26.6. The number of carbonyl (C=O) groups is 3. The highest BCUT2D eigenvalue weighted by atomic mass is 16.5. The first-order valence-corrected chi connectivity index (χ1v) is 12.8. The molecule has 2 aliphatic rings. The number of nitrogens with zero attached hydrogens (tertiary/aromatic N) is 2. The number of benzene rings is 1. The Morgan fingerprint density at radius 1 is 1.19 bits per heavy atom. The van der Waals surface area contributed by atoms with Crippen molar-refractivity contribution in [1.29, 1.82) is 0 Å². The van der Waals surface area contributed by atoms with Crippen LogP contribution in [-0.4, -0.2) is 72.7 Å². The van der Waals surface area contributed by atoms with Crippen molar-refractivity contribution in [1.82, 2.24) is 20.4 Å². The summed E-state index contributed by atoms with van der Waals surface area (Å²) in [5.41, 5.74) is 2.40. The number of hydrogen-bond donors (Lipinski definition) is 4. The molecule has 37 heavy (non-hydrogen) atoms. The SMILES string of the molecule is CC(C(=O)Nc1cc(C2CC2)[nH]n1)c1cccc(NC(=O)C2COCCC2NC(=O)C=CCN(C)C)c1. The van der Waals surface area contributed by atoms with Crippen LogP contribution in [0.4, 0.5) is 11.5 Å². The molecule has 0 radical (unpaired) electrons. The number of nitrogens with one attached hydrogen (secondary N) is 4. The zero-order valence-corrected chi connectivity index (χ0v) is 21.6. The normalized spacial score (nSPS) is 20.5. The van der Waals surface area contributed by atoms with Gasteiger partial charge in [0.25, 0.3) is 0 Å². The van der Waals surface area contributed by atoms with Crippen LogP contribution in [-0.2, 0) is 19.1 Å². The number of rotatable bonds is 10. The Balaban J connectivity index is 1.35. The van der Waals surface area contributed by atoms with Crippen molar-refractivity contribution >= 4 is 29.2 Å². The van der Waals surface area contributed by atoms with Crippen LogP contribution in [0, 0.1) is 5.92 Å². The fourth-order valence-corrected chi connectivity index (χ4v) is 4.28. The largest absolute Gasteiger partial charge is 0.380 e. The predicted molar refractivity (Wildman–Crippen MR) is 141 cm³/mol. The number of carbonyl (C=O) groups excluding carboxylic acids is 3. The summed E-state index contributed by atoms with van der Waals surface area (Å²) in [4.78, 5) is 40.2. The summed E-state index contributed by atoms with van der Waals surface area (Å²) in [7, 11) is 3.85. The summed E-state index contributed by atoms with van der Waals surface area (Å²) < 4.78 is 5.54. The highest BCUT2D eigenvalue weighted by Gasteiger charge is 2.33. The molecule has 10 nitrogen and oxygen atoms in total. The minimum absolute atomic E-state index is 0.178. The van der Waals surface area contributed by atoms with Gasteiger partial charge in [-0.3, -0.25) is 19.5 Å². The fourth-order valence-electron chi connectivity index (χ4n) is 4.28. The van der Waals surface area contributed by atoms with E-state index in [2.05, 4.69) is 26.1 Å². The summed E-state index contributed by atoms with van der Waals surface area (Å²) in [5.74, 6) is -0.567. The predicted octanol–water partition coefficient (Wildman–Crippen LogP) is 2.61. The van der Waals surface area contributed by atoms with Crippen LogP contribution < -0.4 is 16.0 Å². The highest BCUT2D eigenvalue weighted by Crippen LogP contribution is 2.39. The molecule has 1 aliphatic heterocycles. The molecule has 2 aromatic rings. The van der Waals surface area contributed by atoms with E-state index >= 15 is 0 Å². The van der Waals surface area contributed by atoms with E-state index in [1.807, 2.05) is 38.1 Å². The fraction of sp³-hybridized carbons (Fsp3) is 0.481. The Hall–Kier alpha value is -3.50. The van der Waals surface area contributed by atoms with E-state index in [0.717, 1.165) is 24.1 Å². The van der Waals surface area contributed by atoms with Crippen LogP contribution in [0.15, 0.2) is 42.5 Å². The van der Waals surface area contributed by atoms with Gasteiger partial charge in [0.15, 0.2) is 5.82 Å². The van der Waals surface area contributed by atoms with Gasteiger partial charge in [-0.25, -0.2) is 0 Å². The molecule has 198 valence electrons. The lowest BCUT2D eigenvalue weighted by molar-refractivity contribution is -0.127. The van der Waals surface area contributed by atoms with E-state index in [1.54, 1.807) is 24.3 Å². The maximum Gasteiger partial charge on any atom is 0.243 e. The number of anilines is 2. The third kappa shape index (κ3) is 7.50. The number of aromatic amines is 1. The van der Waals surface area contributed by atoms with E-state index in [4.69, 9.17) is 4.74 Å². The van der Waals surface area contributed by atoms with Crippen molar-refractivity contribution < 1.29 is 19.1 Å². The Morgan fingerprint density at radius 3 is 2.76 bits per heavy atom. The molecular weight excluding hydrogens is 472 g/mol. The maximum absolute atomic E-state index is 13.1. The van der Waals surface area contributed by atoms with Gasteiger partial charge < -0.3 is 25.6 Å². The summed E-state index contributed by atoms with van der Waals surface area (Å²) in [6.07, 6.45) is 6.13. The topological polar surface area (TPSA) is 128 Å². The van der Waals surface area contributed by atoms with Crippen molar-refractivity contribution in [2.24, 2.45) is 5.92 Å². The first-order chi connectivity index (χ1) is 17.8. The second-order valence-electron chi connectivity index (χ2n) is 10.1. The minimum atomic E-state index is -0.523. The molecule has 1 saturated carbocycles. The van der Waals surface area contributed by atoms with Gasteiger partial charge in [-0.1, -0.05) is 18.2 Å². The molecule has 0 bridgehead atoms. The Labute approximate surface area is 217 Å². The number of ether oxygens (including phenoxy) is 1. The molecule has 4 rings (SSSR count). The number of aromatic nitrogens is 2. The van der Waals surface area contributed by atoms with Crippen LogP contribution >= 0.6 is 0 Å². The molecule has 1 saturated heterocycles. The van der Waals surface area contributed by atoms with E-state index < -0.39 is 11.8 Å². The molecule has 3 amide bonds. The van der Waals surface area contributed by atoms with Gasteiger partial charge in [0, 0.05) is 48.6 Å². The van der Waals surface area contributed by atoms with Crippen LogP contribution in [0.3, 0.4) is 0 Å². The third-order valence-corrected chi connectivity index (χ3v) is 6.67. The van der Waals surface area contributed by atoms with E-state index in [9.17, 15) is 14.4 Å². The van der Waals surface area contributed by atoms with Crippen LogP contribution in [0.2, 0.25) is 0 Å². The number of hydrogen-bond acceptors (Lipinski definition) is 6. The lowest BCUT2D eigenvalue weighted by atomic mass is 9.94. The quantitative estimate of drug-likeness (QED) is 0.365. The molecule has 1 aliphatic carbocycles. The van der Waals surface area contributed by atoms with Crippen LogP contribution in [0.25, 0.3) is 0 Å². The van der Waals surface area contributed by atoms with Gasteiger partial charge in [0.1, 0.15) is 0 Å². The van der Waals surface area contributed by atoms with E-state index in [-0.39, 0.29) is 30.4 Å². The molecule has 1 aromatic carbocycles.